The highest BCUT2D eigenvalue weighted by Gasteiger charge is 2.36. The first kappa shape index (κ1) is 19.8. The number of carbonyl (C=O) groups is 3. The number of amides is 2. The zero-order valence-corrected chi connectivity index (χ0v) is 15.9. The smallest absolute Gasteiger partial charge is 0.326 e. The van der Waals surface area contributed by atoms with E-state index in [1.807, 2.05) is 6.92 Å². The number of imide groups is 1. The molecule has 0 bridgehead atoms. The molecule has 1 heterocycles. The Labute approximate surface area is 156 Å². The van der Waals surface area contributed by atoms with Gasteiger partial charge >= 0.3 is 5.97 Å². The molecule has 8 heteroatoms. The van der Waals surface area contributed by atoms with Crippen molar-refractivity contribution >= 4 is 35.0 Å². The maximum Gasteiger partial charge on any atom is 0.326 e. The van der Waals surface area contributed by atoms with E-state index in [9.17, 15) is 14.4 Å². The normalized spacial score (nSPS) is 15.7. The maximum absolute atomic E-state index is 12.4. The quantitative estimate of drug-likeness (QED) is 0.532. The van der Waals surface area contributed by atoms with Crippen molar-refractivity contribution in [1.29, 1.82) is 0 Å². The van der Waals surface area contributed by atoms with Crippen LogP contribution in [-0.2, 0) is 14.3 Å². The topological polar surface area (TPSA) is 82.1 Å². The Morgan fingerprint density at radius 3 is 2.62 bits per heavy atom. The number of rotatable bonds is 7. The molecule has 2 amide bonds. The van der Waals surface area contributed by atoms with Crippen LogP contribution >= 0.6 is 11.8 Å². The van der Waals surface area contributed by atoms with Crippen LogP contribution in [0.3, 0.4) is 0 Å². The minimum atomic E-state index is -0.619. The van der Waals surface area contributed by atoms with E-state index in [0.29, 0.717) is 23.7 Å². The van der Waals surface area contributed by atoms with Gasteiger partial charge in [0.15, 0.2) is 11.5 Å². The first-order valence-corrected chi connectivity index (χ1v) is 8.93. The molecule has 1 aromatic carbocycles. The molecule has 140 valence electrons. The van der Waals surface area contributed by atoms with Crippen molar-refractivity contribution in [2.75, 3.05) is 20.3 Å². The average Bonchev–Trinajstić information content (AvgIpc) is 2.83. The summed E-state index contributed by atoms with van der Waals surface area (Å²) in [6.07, 6.45) is 1.27. The molecule has 2 rings (SSSR count). The van der Waals surface area contributed by atoms with Gasteiger partial charge in [0.1, 0.15) is 6.54 Å². The van der Waals surface area contributed by atoms with Crippen LogP contribution in [0.4, 0.5) is 4.79 Å². The van der Waals surface area contributed by atoms with E-state index in [2.05, 4.69) is 0 Å². The molecular weight excluding hydrogens is 358 g/mol. The number of nitrogens with zero attached hydrogens (tertiary/aromatic N) is 1. The van der Waals surface area contributed by atoms with Crippen molar-refractivity contribution in [1.82, 2.24) is 4.90 Å². The number of methoxy groups -OCH3 is 1. The lowest BCUT2D eigenvalue weighted by Crippen LogP contribution is -2.35. The van der Waals surface area contributed by atoms with E-state index in [1.165, 1.54) is 7.11 Å². The first-order chi connectivity index (χ1) is 12.3. The van der Waals surface area contributed by atoms with Gasteiger partial charge in [0, 0.05) is 0 Å². The summed E-state index contributed by atoms with van der Waals surface area (Å²) in [5, 5.41) is -0.500. The van der Waals surface area contributed by atoms with Crippen molar-refractivity contribution < 1.29 is 28.6 Å². The van der Waals surface area contributed by atoms with E-state index >= 15 is 0 Å². The third-order valence-electron chi connectivity index (χ3n) is 3.31. The average molecular weight is 379 g/mol. The van der Waals surface area contributed by atoms with Crippen LogP contribution in [-0.4, -0.2) is 48.4 Å². The molecule has 0 N–H and O–H groups in total. The number of benzene rings is 1. The third kappa shape index (κ3) is 4.78. The van der Waals surface area contributed by atoms with Gasteiger partial charge in [0.05, 0.1) is 24.7 Å². The predicted molar refractivity (Wildman–Crippen MR) is 98.1 cm³/mol. The Morgan fingerprint density at radius 2 is 2.00 bits per heavy atom. The lowest BCUT2D eigenvalue weighted by Gasteiger charge is -2.13. The molecule has 1 aromatic rings. The van der Waals surface area contributed by atoms with Crippen molar-refractivity contribution in [2.45, 2.75) is 26.9 Å². The van der Waals surface area contributed by atoms with Gasteiger partial charge in [-0.1, -0.05) is 6.07 Å². The predicted octanol–water partition coefficient (Wildman–Crippen LogP) is 3.08. The highest BCUT2D eigenvalue weighted by molar-refractivity contribution is 8.18. The summed E-state index contributed by atoms with van der Waals surface area (Å²) in [4.78, 5) is 37.3. The summed E-state index contributed by atoms with van der Waals surface area (Å²) < 4.78 is 15.7. The number of hydrogen-bond donors (Lipinski definition) is 0. The van der Waals surface area contributed by atoms with Crippen molar-refractivity contribution in [2.24, 2.45) is 0 Å². The van der Waals surface area contributed by atoms with Crippen molar-refractivity contribution in [3.8, 4) is 11.5 Å². The Bertz CT molecular complexity index is 743. The molecule has 1 fully saturated rings. The first-order valence-electron chi connectivity index (χ1n) is 8.11. The lowest BCUT2D eigenvalue weighted by atomic mass is 10.2. The highest BCUT2D eigenvalue weighted by Crippen LogP contribution is 2.34. The zero-order chi connectivity index (χ0) is 19.3. The van der Waals surface area contributed by atoms with Gasteiger partial charge in [0.2, 0.25) is 0 Å². The van der Waals surface area contributed by atoms with Gasteiger partial charge in [-0.3, -0.25) is 19.3 Å². The van der Waals surface area contributed by atoms with Crippen LogP contribution in [0.1, 0.15) is 26.3 Å². The van der Waals surface area contributed by atoms with Crippen LogP contribution in [0.5, 0.6) is 11.5 Å². The molecule has 1 aliphatic heterocycles. The van der Waals surface area contributed by atoms with E-state index in [1.54, 1.807) is 38.1 Å². The number of hydrogen-bond acceptors (Lipinski definition) is 7. The zero-order valence-electron chi connectivity index (χ0n) is 15.1. The fraction of sp³-hybridized carbons (Fsp3) is 0.389. The van der Waals surface area contributed by atoms with Gasteiger partial charge in [-0.25, -0.2) is 0 Å². The van der Waals surface area contributed by atoms with Gasteiger partial charge in [-0.05, 0) is 56.3 Å². The molecule has 7 nitrogen and oxygen atoms in total. The Hall–Kier alpha value is -2.48. The molecule has 0 saturated carbocycles. The SMILES string of the molecule is CCOc1ccc(C=C2SC(=O)N(CC(=O)OC(C)C)C2=O)cc1OC. The highest BCUT2D eigenvalue weighted by atomic mass is 32.2. The summed E-state index contributed by atoms with van der Waals surface area (Å²) in [7, 11) is 1.52. The van der Waals surface area contributed by atoms with Gasteiger partial charge in [-0.15, -0.1) is 0 Å². The van der Waals surface area contributed by atoms with Crippen LogP contribution in [0.25, 0.3) is 6.08 Å². The van der Waals surface area contributed by atoms with Crippen LogP contribution < -0.4 is 9.47 Å². The van der Waals surface area contributed by atoms with E-state index in [4.69, 9.17) is 14.2 Å². The summed E-state index contributed by atoms with van der Waals surface area (Å²) in [5.74, 6) is -0.0168. The molecule has 26 heavy (non-hydrogen) atoms. The largest absolute Gasteiger partial charge is 0.493 e. The lowest BCUT2D eigenvalue weighted by molar-refractivity contribution is -0.149. The van der Waals surface area contributed by atoms with Crippen molar-refractivity contribution in [3.63, 3.8) is 0 Å². The second kappa shape index (κ2) is 8.75. The van der Waals surface area contributed by atoms with Gasteiger partial charge in [0.25, 0.3) is 11.1 Å². The molecule has 0 aromatic heterocycles. The van der Waals surface area contributed by atoms with Crippen LogP contribution in [0, 0.1) is 0 Å². The second-order valence-corrected chi connectivity index (χ2v) is 6.64. The molecular formula is C18H21NO6S. The van der Waals surface area contributed by atoms with E-state index in [0.717, 1.165) is 16.7 Å². The monoisotopic (exact) mass is 379 g/mol. The summed E-state index contributed by atoms with van der Waals surface area (Å²) >= 11 is 0.784. The molecule has 0 atom stereocenters. The van der Waals surface area contributed by atoms with E-state index < -0.39 is 23.7 Å². The standard InChI is InChI=1S/C18H21NO6S/c1-5-24-13-7-6-12(8-14(13)23-4)9-15-17(21)19(18(22)26-15)10-16(20)25-11(2)3/h6-9,11H,5,10H2,1-4H3. The summed E-state index contributed by atoms with van der Waals surface area (Å²) in [5.41, 5.74) is 0.681. The number of ether oxygens (including phenoxy) is 3. The molecule has 0 spiro atoms. The maximum atomic E-state index is 12.4. The minimum Gasteiger partial charge on any atom is -0.493 e. The van der Waals surface area contributed by atoms with Crippen LogP contribution in [0.15, 0.2) is 23.1 Å². The Morgan fingerprint density at radius 1 is 1.27 bits per heavy atom. The second-order valence-electron chi connectivity index (χ2n) is 5.65. The summed E-state index contributed by atoms with van der Waals surface area (Å²) in [6.45, 7) is 5.37. The van der Waals surface area contributed by atoms with Crippen molar-refractivity contribution in [3.05, 3.63) is 28.7 Å². The molecule has 1 saturated heterocycles. The number of esters is 1. The van der Waals surface area contributed by atoms with E-state index in [-0.39, 0.29) is 11.0 Å². The molecule has 1 aliphatic rings. The Kier molecular flexibility index (Phi) is 6.68. The molecule has 0 radical (unpaired) electrons. The van der Waals surface area contributed by atoms with Gasteiger partial charge < -0.3 is 14.2 Å². The fourth-order valence-corrected chi connectivity index (χ4v) is 3.10. The van der Waals surface area contributed by atoms with Gasteiger partial charge in [-0.2, -0.15) is 0 Å². The minimum absolute atomic E-state index is 0.235. The number of carbonyl (C=O) groups excluding carboxylic acids is 3. The Balaban J connectivity index is 2.18. The molecule has 0 unspecified atom stereocenters. The van der Waals surface area contributed by atoms with Crippen LogP contribution in [0.2, 0.25) is 0 Å². The third-order valence-corrected chi connectivity index (χ3v) is 4.22. The summed E-state index contributed by atoms with van der Waals surface area (Å²) in [6, 6.07) is 5.21. The fourth-order valence-electron chi connectivity index (χ4n) is 2.27. The number of thioether (sulfide) groups is 1. The molecule has 0 aliphatic carbocycles.